The second-order valence-corrected chi connectivity index (χ2v) is 8.48. The predicted molar refractivity (Wildman–Crippen MR) is 125 cm³/mol. The largest absolute Gasteiger partial charge is 0.491 e. The van der Waals surface area contributed by atoms with Gasteiger partial charge in [0, 0.05) is 25.2 Å². The van der Waals surface area contributed by atoms with Crippen LogP contribution in [0.5, 0.6) is 11.5 Å². The first-order valence-corrected chi connectivity index (χ1v) is 11.9. The minimum atomic E-state index is 0.469. The number of fused-ring (bicyclic) bond motifs is 5. The Balaban J connectivity index is 1.40. The molecule has 2 aromatic rings. The molecule has 6 nitrogen and oxygen atoms in total. The average molecular weight is 441 g/mol. The van der Waals surface area contributed by atoms with Gasteiger partial charge in [0.1, 0.15) is 24.7 Å². The van der Waals surface area contributed by atoms with Crippen LogP contribution in [0.25, 0.3) is 0 Å². The molecule has 1 fully saturated rings. The third-order valence-corrected chi connectivity index (χ3v) is 6.06. The van der Waals surface area contributed by atoms with Crippen LogP contribution in [0.3, 0.4) is 0 Å². The summed E-state index contributed by atoms with van der Waals surface area (Å²) in [5, 5.41) is 7.59. The highest BCUT2D eigenvalue weighted by molar-refractivity contribution is 5.29. The van der Waals surface area contributed by atoms with Gasteiger partial charge in [0.05, 0.1) is 26.4 Å². The number of rotatable bonds is 0. The Labute approximate surface area is 191 Å². The molecule has 0 unspecified atom stereocenters. The summed E-state index contributed by atoms with van der Waals surface area (Å²) < 4.78 is 22.9. The molecule has 1 aliphatic heterocycles. The maximum atomic E-state index is 5.86. The predicted octanol–water partition coefficient (Wildman–Crippen LogP) is 3.68. The van der Waals surface area contributed by atoms with Crippen molar-refractivity contribution in [2.75, 3.05) is 39.6 Å². The number of hydrogen-bond acceptors (Lipinski definition) is 6. The van der Waals surface area contributed by atoms with Crippen molar-refractivity contribution >= 4 is 0 Å². The SMILES string of the molecule is c1cc2cc(c1)OCCOCCOCCOc1cccc(c1)CN[C@@H]1CCCC[C@H]1NC2. The zero-order valence-corrected chi connectivity index (χ0v) is 18.9. The Bertz CT molecular complexity index is 748. The smallest absolute Gasteiger partial charge is 0.119 e. The van der Waals surface area contributed by atoms with Crippen LogP contribution in [0.15, 0.2) is 48.5 Å². The van der Waals surface area contributed by atoms with Gasteiger partial charge in [-0.3, -0.25) is 0 Å². The van der Waals surface area contributed by atoms with Gasteiger partial charge in [0.2, 0.25) is 0 Å². The van der Waals surface area contributed by atoms with Crippen molar-refractivity contribution in [2.24, 2.45) is 0 Å². The molecule has 174 valence electrons. The van der Waals surface area contributed by atoms with Crippen LogP contribution in [0.4, 0.5) is 0 Å². The Morgan fingerprint density at radius 1 is 0.594 bits per heavy atom. The molecule has 1 saturated carbocycles. The van der Waals surface area contributed by atoms with Crippen molar-refractivity contribution in [3.05, 3.63) is 59.7 Å². The second-order valence-electron chi connectivity index (χ2n) is 8.48. The maximum absolute atomic E-state index is 5.86. The van der Waals surface area contributed by atoms with Crippen LogP contribution in [0, 0.1) is 0 Å². The molecule has 2 aliphatic rings. The first-order chi connectivity index (χ1) is 15.9. The second kappa shape index (κ2) is 12.8. The molecule has 6 heteroatoms. The van der Waals surface area contributed by atoms with Gasteiger partial charge in [-0.1, -0.05) is 37.1 Å². The van der Waals surface area contributed by atoms with E-state index < -0.39 is 0 Å². The Morgan fingerprint density at radius 2 is 1.06 bits per heavy atom. The molecular weight excluding hydrogens is 404 g/mol. The van der Waals surface area contributed by atoms with E-state index in [1.807, 2.05) is 12.1 Å². The van der Waals surface area contributed by atoms with Crippen molar-refractivity contribution < 1.29 is 18.9 Å². The van der Waals surface area contributed by atoms with Crippen LogP contribution in [0.1, 0.15) is 36.8 Å². The number of ether oxygens (including phenoxy) is 4. The minimum absolute atomic E-state index is 0.469. The van der Waals surface area contributed by atoms with Crippen LogP contribution in [-0.4, -0.2) is 51.7 Å². The molecule has 1 aliphatic carbocycles. The lowest BCUT2D eigenvalue weighted by Crippen LogP contribution is -2.49. The zero-order valence-electron chi connectivity index (χ0n) is 18.9. The molecule has 4 bridgehead atoms. The van der Waals surface area contributed by atoms with Gasteiger partial charge in [0.25, 0.3) is 0 Å². The van der Waals surface area contributed by atoms with E-state index in [4.69, 9.17) is 18.9 Å². The summed E-state index contributed by atoms with van der Waals surface area (Å²) in [5.74, 6) is 1.78. The van der Waals surface area contributed by atoms with E-state index in [-0.39, 0.29) is 0 Å². The number of hydrogen-bond donors (Lipinski definition) is 2. The summed E-state index contributed by atoms with van der Waals surface area (Å²) in [5.41, 5.74) is 2.49. The molecule has 1 heterocycles. The fourth-order valence-corrected chi connectivity index (χ4v) is 4.37. The molecule has 0 aromatic heterocycles. The van der Waals surface area contributed by atoms with E-state index in [1.54, 1.807) is 0 Å². The van der Waals surface area contributed by atoms with Crippen molar-refractivity contribution in [1.29, 1.82) is 0 Å². The Morgan fingerprint density at radius 3 is 1.56 bits per heavy atom. The van der Waals surface area contributed by atoms with Gasteiger partial charge in [0.15, 0.2) is 0 Å². The zero-order chi connectivity index (χ0) is 21.8. The molecule has 0 amide bonds. The van der Waals surface area contributed by atoms with Gasteiger partial charge in [-0.15, -0.1) is 0 Å². The van der Waals surface area contributed by atoms with E-state index >= 15 is 0 Å². The third kappa shape index (κ3) is 7.48. The van der Waals surface area contributed by atoms with Crippen LogP contribution in [-0.2, 0) is 22.6 Å². The molecule has 2 atom stereocenters. The molecule has 0 saturated heterocycles. The van der Waals surface area contributed by atoms with Crippen molar-refractivity contribution in [1.82, 2.24) is 10.6 Å². The summed E-state index contributed by atoms with van der Waals surface area (Å²) in [6.07, 6.45) is 4.97. The van der Waals surface area contributed by atoms with Gasteiger partial charge >= 0.3 is 0 Å². The van der Waals surface area contributed by atoms with Gasteiger partial charge in [-0.25, -0.2) is 0 Å². The lowest BCUT2D eigenvalue weighted by Gasteiger charge is -2.33. The summed E-state index contributed by atoms with van der Waals surface area (Å²) in [4.78, 5) is 0. The highest BCUT2D eigenvalue weighted by atomic mass is 16.6. The number of benzene rings is 2. The third-order valence-electron chi connectivity index (χ3n) is 6.06. The average Bonchev–Trinajstić information content (AvgIpc) is 2.83. The topological polar surface area (TPSA) is 61.0 Å². The molecule has 0 radical (unpaired) electrons. The Hall–Kier alpha value is -2.12. The molecular formula is C26H36N2O4. The van der Waals surface area contributed by atoms with E-state index in [0.29, 0.717) is 51.7 Å². The lowest BCUT2D eigenvalue weighted by atomic mass is 9.90. The summed E-state index contributed by atoms with van der Waals surface area (Å²) >= 11 is 0. The highest BCUT2D eigenvalue weighted by Gasteiger charge is 2.24. The van der Waals surface area contributed by atoms with Crippen LogP contribution in [0.2, 0.25) is 0 Å². The standard InChI is InChI=1S/C26H36N2O4/c1-2-10-26-25(9-1)27-19-21-5-3-7-23(17-21)31-15-13-29-11-12-30-14-16-32-24-8-4-6-22(18-24)20-28-26/h3-8,17-18,25-28H,1-2,9-16,19-20H2/t25-,26-/m1/s1. The number of nitrogens with one attached hydrogen (secondary N) is 2. The summed E-state index contributed by atoms with van der Waals surface area (Å²) in [6, 6.07) is 17.6. The first kappa shape index (κ1) is 23.1. The monoisotopic (exact) mass is 440 g/mol. The van der Waals surface area contributed by atoms with Crippen molar-refractivity contribution in [3.8, 4) is 11.5 Å². The van der Waals surface area contributed by atoms with Crippen molar-refractivity contribution in [2.45, 2.75) is 50.9 Å². The quantitative estimate of drug-likeness (QED) is 0.652. The molecule has 0 spiro atoms. The van der Waals surface area contributed by atoms with E-state index in [1.165, 1.54) is 36.8 Å². The lowest BCUT2D eigenvalue weighted by molar-refractivity contribution is 0.0273. The minimum Gasteiger partial charge on any atom is -0.491 e. The molecule has 2 N–H and O–H groups in total. The fraction of sp³-hybridized carbons (Fsp3) is 0.538. The van der Waals surface area contributed by atoms with E-state index in [0.717, 1.165) is 24.6 Å². The first-order valence-electron chi connectivity index (χ1n) is 11.9. The van der Waals surface area contributed by atoms with Gasteiger partial charge < -0.3 is 29.6 Å². The molecule has 2 aromatic carbocycles. The van der Waals surface area contributed by atoms with E-state index in [2.05, 4.69) is 47.0 Å². The van der Waals surface area contributed by atoms with Gasteiger partial charge in [-0.05, 0) is 48.2 Å². The normalized spacial score (nSPS) is 24.0. The van der Waals surface area contributed by atoms with Gasteiger partial charge in [-0.2, -0.15) is 0 Å². The van der Waals surface area contributed by atoms with E-state index in [9.17, 15) is 0 Å². The molecule has 4 rings (SSSR count). The van der Waals surface area contributed by atoms with Crippen molar-refractivity contribution in [3.63, 3.8) is 0 Å². The van der Waals surface area contributed by atoms with Crippen LogP contribution >= 0.6 is 0 Å². The Kier molecular flexibility index (Phi) is 9.22. The van der Waals surface area contributed by atoms with Crippen LogP contribution < -0.4 is 20.1 Å². The maximum Gasteiger partial charge on any atom is 0.119 e. The summed E-state index contributed by atoms with van der Waals surface area (Å²) in [6.45, 7) is 4.95. The molecule has 32 heavy (non-hydrogen) atoms. The highest BCUT2D eigenvalue weighted by Crippen LogP contribution is 2.21. The fourth-order valence-electron chi connectivity index (χ4n) is 4.37. The summed E-state index contributed by atoms with van der Waals surface area (Å²) in [7, 11) is 0.